The summed E-state index contributed by atoms with van der Waals surface area (Å²) in [5, 5.41) is 0. The highest BCUT2D eigenvalue weighted by molar-refractivity contribution is 5.80. The molecule has 0 spiro atoms. The van der Waals surface area contributed by atoms with E-state index in [4.69, 9.17) is 11.5 Å². The van der Waals surface area contributed by atoms with Crippen LogP contribution >= 0.6 is 0 Å². The standard InChI is InChI=1S/C10H19N3O2/c1-2-8(10(12)15)13-5-3-7(4-6-13)9(11)14/h7-8H,2-6H2,1H3,(H2,11,14)(H2,12,15). The molecule has 0 saturated carbocycles. The van der Waals surface area contributed by atoms with Gasteiger partial charge in [0.05, 0.1) is 6.04 Å². The van der Waals surface area contributed by atoms with Gasteiger partial charge in [0.2, 0.25) is 11.8 Å². The van der Waals surface area contributed by atoms with Gasteiger partial charge in [-0.05, 0) is 32.4 Å². The molecule has 0 aromatic carbocycles. The van der Waals surface area contributed by atoms with E-state index < -0.39 is 0 Å². The molecule has 15 heavy (non-hydrogen) atoms. The number of nitrogens with two attached hydrogens (primary N) is 2. The molecule has 0 aromatic heterocycles. The van der Waals surface area contributed by atoms with E-state index in [2.05, 4.69) is 0 Å². The predicted octanol–water partition coefficient (Wildman–Crippen LogP) is -0.552. The Bertz CT molecular complexity index is 247. The Kier molecular flexibility index (Phi) is 4.08. The number of nitrogens with zero attached hydrogens (tertiary/aromatic N) is 1. The van der Waals surface area contributed by atoms with Crippen molar-refractivity contribution in [2.45, 2.75) is 32.2 Å². The summed E-state index contributed by atoms with van der Waals surface area (Å²) in [6.45, 7) is 3.40. The van der Waals surface area contributed by atoms with Gasteiger partial charge < -0.3 is 11.5 Å². The second-order valence-electron chi connectivity index (χ2n) is 4.04. The maximum absolute atomic E-state index is 11.1. The lowest BCUT2D eigenvalue weighted by Gasteiger charge is -2.34. The van der Waals surface area contributed by atoms with Crippen molar-refractivity contribution < 1.29 is 9.59 Å². The fraction of sp³-hybridized carbons (Fsp3) is 0.800. The minimum Gasteiger partial charge on any atom is -0.369 e. The Balaban J connectivity index is 2.49. The first-order valence-corrected chi connectivity index (χ1v) is 5.39. The van der Waals surface area contributed by atoms with Gasteiger partial charge in [0, 0.05) is 5.92 Å². The predicted molar refractivity (Wildman–Crippen MR) is 56.8 cm³/mol. The quantitative estimate of drug-likeness (QED) is 0.656. The SMILES string of the molecule is CCC(C(N)=O)N1CCC(C(N)=O)CC1. The zero-order valence-electron chi connectivity index (χ0n) is 9.11. The van der Waals surface area contributed by atoms with Crippen molar-refractivity contribution in [3.8, 4) is 0 Å². The largest absolute Gasteiger partial charge is 0.369 e. The summed E-state index contributed by atoms with van der Waals surface area (Å²) in [5.74, 6) is -0.552. The minimum atomic E-state index is -0.282. The average Bonchev–Trinajstić information content (AvgIpc) is 2.19. The first-order valence-electron chi connectivity index (χ1n) is 5.39. The molecule has 5 heteroatoms. The molecular weight excluding hydrogens is 194 g/mol. The van der Waals surface area contributed by atoms with Crippen molar-refractivity contribution in [2.24, 2.45) is 17.4 Å². The molecule has 1 atom stereocenters. The highest BCUT2D eigenvalue weighted by Crippen LogP contribution is 2.19. The molecule has 4 N–H and O–H groups in total. The van der Waals surface area contributed by atoms with Gasteiger partial charge in [-0.15, -0.1) is 0 Å². The van der Waals surface area contributed by atoms with Crippen LogP contribution < -0.4 is 11.5 Å². The zero-order valence-corrected chi connectivity index (χ0v) is 9.11. The van der Waals surface area contributed by atoms with Crippen LogP contribution in [-0.4, -0.2) is 35.8 Å². The molecule has 0 aromatic rings. The Hall–Kier alpha value is -1.10. The molecule has 2 amide bonds. The van der Waals surface area contributed by atoms with Crippen molar-refractivity contribution in [1.82, 2.24) is 4.90 Å². The molecule has 1 heterocycles. The number of rotatable bonds is 4. The van der Waals surface area contributed by atoms with Crippen molar-refractivity contribution in [1.29, 1.82) is 0 Å². The van der Waals surface area contributed by atoms with Crippen molar-refractivity contribution in [3.05, 3.63) is 0 Å². The second-order valence-corrected chi connectivity index (χ2v) is 4.04. The zero-order chi connectivity index (χ0) is 11.4. The Morgan fingerprint density at radius 1 is 1.33 bits per heavy atom. The second kappa shape index (κ2) is 5.11. The van der Waals surface area contributed by atoms with Crippen molar-refractivity contribution in [2.75, 3.05) is 13.1 Å². The molecule has 1 fully saturated rings. The van der Waals surface area contributed by atoms with Crippen LogP contribution in [0.1, 0.15) is 26.2 Å². The topological polar surface area (TPSA) is 89.4 Å². The molecule has 0 aliphatic carbocycles. The summed E-state index contributed by atoms with van der Waals surface area (Å²) < 4.78 is 0. The van der Waals surface area contributed by atoms with Gasteiger partial charge in [-0.1, -0.05) is 6.92 Å². The van der Waals surface area contributed by atoms with Gasteiger partial charge in [-0.25, -0.2) is 0 Å². The van der Waals surface area contributed by atoms with Crippen LogP contribution in [0, 0.1) is 5.92 Å². The molecule has 1 aliphatic heterocycles. The van der Waals surface area contributed by atoms with Gasteiger partial charge in [0.1, 0.15) is 0 Å². The highest BCUT2D eigenvalue weighted by Gasteiger charge is 2.28. The summed E-state index contributed by atoms with van der Waals surface area (Å²) in [5.41, 5.74) is 10.5. The number of hydrogen-bond donors (Lipinski definition) is 2. The number of hydrogen-bond acceptors (Lipinski definition) is 3. The van der Waals surface area contributed by atoms with E-state index in [0.717, 1.165) is 32.4 Å². The van der Waals surface area contributed by atoms with Crippen LogP contribution in [0.2, 0.25) is 0 Å². The van der Waals surface area contributed by atoms with E-state index in [1.807, 2.05) is 11.8 Å². The van der Waals surface area contributed by atoms with Crippen LogP contribution in [0.4, 0.5) is 0 Å². The Labute approximate surface area is 89.8 Å². The summed E-state index contributed by atoms with van der Waals surface area (Å²) in [6.07, 6.45) is 2.19. The number of carbonyl (C=O) groups is 2. The van der Waals surface area contributed by atoms with E-state index in [-0.39, 0.29) is 23.8 Å². The third-order valence-corrected chi connectivity index (χ3v) is 3.09. The van der Waals surface area contributed by atoms with E-state index in [0.29, 0.717) is 0 Å². The lowest BCUT2D eigenvalue weighted by molar-refractivity contribution is -0.125. The normalized spacial score (nSPS) is 21.1. The monoisotopic (exact) mass is 213 g/mol. The molecule has 1 rings (SSSR count). The maximum Gasteiger partial charge on any atom is 0.234 e. The van der Waals surface area contributed by atoms with E-state index in [9.17, 15) is 9.59 Å². The molecule has 5 nitrogen and oxygen atoms in total. The minimum absolute atomic E-state index is 0.0355. The van der Waals surface area contributed by atoms with Gasteiger partial charge in [0.15, 0.2) is 0 Å². The van der Waals surface area contributed by atoms with E-state index in [1.54, 1.807) is 0 Å². The van der Waals surface area contributed by atoms with E-state index in [1.165, 1.54) is 0 Å². The van der Waals surface area contributed by atoms with Crippen LogP contribution in [0.3, 0.4) is 0 Å². The summed E-state index contributed by atoms with van der Waals surface area (Å²) >= 11 is 0. The molecule has 1 saturated heterocycles. The first-order chi connectivity index (χ1) is 7.06. The number of primary amides is 2. The summed E-state index contributed by atoms with van der Waals surface area (Å²) in [4.78, 5) is 24.1. The van der Waals surface area contributed by atoms with Gasteiger partial charge in [-0.2, -0.15) is 0 Å². The first kappa shape index (κ1) is 12.0. The number of amides is 2. The van der Waals surface area contributed by atoms with Gasteiger partial charge in [-0.3, -0.25) is 14.5 Å². The fourth-order valence-corrected chi connectivity index (χ4v) is 2.13. The van der Waals surface area contributed by atoms with Crippen molar-refractivity contribution in [3.63, 3.8) is 0 Å². The summed E-state index contributed by atoms with van der Waals surface area (Å²) in [7, 11) is 0. The third-order valence-electron chi connectivity index (χ3n) is 3.09. The molecular formula is C10H19N3O2. The van der Waals surface area contributed by atoms with Crippen molar-refractivity contribution >= 4 is 11.8 Å². The number of piperidine rings is 1. The van der Waals surface area contributed by atoms with Crippen LogP contribution in [0.5, 0.6) is 0 Å². The lowest BCUT2D eigenvalue weighted by atomic mass is 9.95. The number of likely N-dealkylation sites (tertiary alicyclic amines) is 1. The van der Waals surface area contributed by atoms with Crippen LogP contribution in [0.25, 0.3) is 0 Å². The molecule has 1 aliphatic rings. The Morgan fingerprint density at radius 3 is 2.20 bits per heavy atom. The number of carbonyl (C=O) groups excluding carboxylic acids is 2. The average molecular weight is 213 g/mol. The molecule has 0 radical (unpaired) electrons. The fourth-order valence-electron chi connectivity index (χ4n) is 2.13. The van der Waals surface area contributed by atoms with Gasteiger partial charge >= 0.3 is 0 Å². The third kappa shape index (κ3) is 2.92. The van der Waals surface area contributed by atoms with Crippen LogP contribution in [0.15, 0.2) is 0 Å². The molecule has 0 bridgehead atoms. The molecule has 1 unspecified atom stereocenters. The lowest BCUT2D eigenvalue weighted by Crippen LogP contribution is -2.49. The van der Waals surface area contributed by atoms with Gasteiger partial charge in [0.25, 0.3) is 0 Å². The van der Waals surface area contributed by atoms with Crippen LogP contribution in [-0.2, 0) is 9.59 Å². The maximum atomic E-state index is 11.1. The Morgan fingerprint density at radius 2 is 1.87 bits per heavy atom. The summed E-state index contributed by atoms with van der Waals surface area (Å²) in [6, 6.07) is -0.196. The smallest absolute Gasteiger partial charge is 0.234 e. The molecule has 86 valence electrons. The van der Waals surface area contributed by atoms with E-state index >= 15 is 0 Å². The highest BCUT2D eigenvalue weighted by atomic mass is 16.1.